The molecule has 2 nitrogen and oxygen atoms in total. The van der Waals surface area contributed by atoms with Crippen molar-refractivity contribution in [3.05, 3.63) is 45.2 Å². The molecule has 0 saturated heterocycles. The minimum Gasteiger partial charge on any atom is -0.460 e. The maximum Gasteiger partial charge on any atom is 0.310 e. The molecule has 0 heterocycles. The van der Waals surface area contributed by atoms with Gasteiger partial charge in [0.05, 0.1) is 10.4 Å². The van der Waals surface area contributed by atoms with Crippen molar-refractivity contribution in [2.24, 2.45) is 17.3 Å². The number of ether oxygens (including phenoxy) is 1. The molecular formula is C17H18BrF3O2. The molecule has 1 aromatic carbocycles. The first-order valence-corrected chi connectivity index (χ1v) is 8.04. The minimum atomic E-state index is -1.27. The second kappa shape index (κ2) is 6.30. The van der Waals surface area contributed by atoms with Gasteiger partial charge in [0, 0.05) is 11.1 Å². The Morgan fingerprint density at radius 3 is 2.43 bits per heavy atom. The molecule has 1 fully saturated rings. The van der Waals surface area contributed by atoms with Crippen LogP contribution in [0.3, 0.4) is 0 Å². The van der Waals surface area contributed by atoms with Crippen LogP contribution in [0.25, 0.3) is 0 Å². The van der Waals surface area contributed by atoms with Crippen LogP contribution in [0.1, 0.15) is 31.9 Å². The van der Waals surface area contributed by atoms with Crippen molar-refractivity contribution in [1.82, 2.24) is 0 Å². The Labute approximate surface area is 141 Å². The van der Waals surface area contributed by atoms with Crippen LogP contribution in [0, 0.1) is 41.6 Å². The lowest BCUT2D eigenvalue weighted by Gasteiger charge is -2.12. The van der Waals surface area contributed by atoms with Crippen LogP contribution in [0.2, 0.25) is 0 Å². The molecule has 0 radical (unpaired) electrons. The van der Waals surface area contributed by atoms with Gasteiger partial charge < -0.3 is 4.74 Å². The van der Waals surface area contributed by atoms with Crippen LogP contribution < -0.4 is 0 Å². The van der Waals surface area contributed by atoms with Crippen molar-refractivity contribution in [2.75, 3.05) is 0 Å². The molecule has 0 aromatic heterocycles. The van der Waals surface area contributed by atoms with E-state index >= 15 is 0 Å². The summed E-state index contributed by atoms with van der Waals surface area (Å²) in [6, 6.07) is 0. The molecule has 1 saturated carbocycles. The Hall–Kier alpha value is -1.30. The molecule has 0 aliphatic heterocycles. The number of halogens is 4. The maximum atomic E-state index is 13.9. The fraction of sp³-hybridized carbons (Fsp3) is 0.471. The van der Waals surface area contributed by atoms with Crippen LogP contribution >= 0.6 is 15.9 Å². The molecule has 23 heavy (non-hydrogen) atoms. The quantitative estimate of drug-likeness (QED) is 0.407. The van der Waals surface area contributed by atoms with Gasteiger partial charge in [-0.2, -0.15) is 0 Å². The van der Waals surface area contributed by atoms with Gasteiger partial charge in [-0.05, 0) is 41.1 Å². The second-order valence-electron chi connectivity index (χ2n) is 6.32. The Morgan fingerprint density at radius 1 is 1.26 bits per heavy atom. The summed E-state index contributed by atoms with van der Waals surface area (Å²) >= 11 is 2.89. The van der Waals surface area contributed by atoms with Crippen molar-refractivity contribution < 1.29 is 22.7 Å². The summed E-state index contributed by atoms with van der Waals surface area (Å²) in [6.45, 7) is 6.36. The third-order valence-corrected chi connectivity index (χ3v) is 5.32. The molecular weight excluding hydrogens is 373 g/mol. The predicted molar refractivity (Wildman–Crippen MR) is 84.1 cm³/mol. The van der Waals surface area contributed by atoms with Gasteiger partial charge in [-0.15, -0.1) is 0 Å². The molecule has 0 amide bonds. The van der Waals surface area contributed by atoms with E-state index in [4.69, 9.17) is 4.74 Å². The summed E-state index contributed by atoms with van der Waals surface area (Å²) in [4.78, 5) is 12.2. The van der Waals surface area contributed by atoms with Gasteiger partial charge in [0.2, 0.25) is 0 Å². The fourth-order valence-corrected chi connectivity index (χ4v) is 3.43. The van der Waals surface area contributed by atoms with E-state index in [0.29, 0.717) is 0 Å². The molecule has 0 spiro atoms. The lowest BCUT2D eigenvalue weighted by Crippen LogP contribution is -2.13. The molecule has 2 atom stereocenters. The fourth-order valence-electron chi connectivity index (χ4n) is 2.84. The largest absolute Gasteiger partial charge is 0.460 e. The molecule has 0 N–H and O–H groups in total. The van der Waals surface area contributed by atoms with Crippen molar-refractivity contribution in [1.29, 1.82) is 0 Å². The lowest BCUT2D eigenvalue weighted by molar-refractivity contribution is -0.147. The van der Waals surface area contributed by atoms with Gasteiger partial charge >= 0.3 is 5.97 Å². The van der Waals surface area contributed by atoms with Crippen molar-refractivity contribution >= 4 is 21.9 Å². The average molecular weight is 391 g/mol. The van der Waals surface area contributed by atoms with Gasteiger partial charge in [-0.1, -0.05) is 26.0 Å². The molecule has 126 valence electrons. The Morgan fingerprint density at radius 2 is 1.87 bits per heavy atom. The molecule has 2 rings (SSSR count). The highest BCUT2D eigenvalue weighted by Gasteiger charge is 2.61. The highest BCUT2D eigenvalue weighted by atomic mass is 79.9. The van der Waals surface area contributed by atoms with Crippen molar-refractivity contribution in [2.45, 2.75) is 34.3 Å². The first-order chi connectivity index (χ1) is 10.6. The van der Waals surface area contributed by atoms with Gasteiger partial charge in [-0.25, -0.2) is 13.2 Å². The average Bonchev–Trinajstić information content (AvgIpc) is 3.04. The Balaban J connectivity index is 2.15. The lowest BCUT2D eigenvalue weighted by atomic mass is 10.1. The van der Waals surface area contributed by atoms with Crippen LogP contribution in [-0.4, -0.2) is 5.97 Å². The van der Waals surface area contributed by atoms with E-state index in [2.05, 4.69) is 15.9 Å². The van der Waals surface area contributed by atoms with Gasteiger partial charge in [0.15, 0.2) is 11.6 Å². The summed E-state index contributed by atoms with van der Waals surface area (Å²) < 4.78 is 46.3. The van der Waals surface area contributed by atoms with Crippen LogP contribution in [0.5, 0.6) is 0 Å². The van der Waals surface area contributed by atoms with E-state index in [9.17, 15) is 18.0 Å². The van der Waals surface area contributed by atoms with E-state index in [-0.39, 0.29) is 27.3 Å². The first-order valence-electron chi connectivity index (χ1n) is 7.25. The molecule has 1 aliphatic rings. The predicted octanol–water partition coefficient (Wildman–Crippen LogP) is 5.07. The Kier molecular flexibility index (Phi) is 4.95. The number of hydrogen-bond donors (Lipinski definition) is 0. The second-order valence-corrected chi connectivity index (χ2v) is 7.11. The van der Waals surface area contributed by atoms with Crippen molar-refractivity contribution in [3.8, 4) is 0 Å². The molecule has 1 aromatic rings. The number of hydrogen-bond acceptors (Lipinski definition) is 2. The SMILES string of the molecule is CC=C[C@@H]1[C@@H](C(=O)OCc2c(F)c(F)c(C)c(F)c2Br)C1(C)C. The number of rotatable bonds is 4. The van der Waals surface area contributed by atoms with E-state index in [1.54, 1.807) is 0 Å². The number of benzene rings is 1. The third-order valence-electron chi connectivity index (χ3n) is 4.50. The summed E-state index contributed by atoms with van der Waals surface area (Å²) in [5.74, 6) is -4.14. The summed E-state index contributed by atoms with van der Waals surface area (Å²) in [5.41, 5.74) is -0.982. The number of esters is 1. The van der Waals surface area contributed by atoms with E-state index < -0.39 is 35.6 Å². The van der Waals surface area contributed by atoms with E-state index in [1.807, 2.05) is 32.9 Å². The molecule has 0 unspecified atom stereocenters. The molecule has 1 aliphatic carbocycles. The molecule has 6 heteroatoms. The number of carbonyl (C=O) groups is 1. The third kappa shape index (κ3) is 3.05. The topological polar surface area (TPSA) is 26.3 Å². The van der Waals surface area contributed by atoms with Gasteiger partial charge in [-0.3, -0.25) is 4.79 Å². The highest BCUT2D eigenvalue weighted by molar-refractivity contribution is 9.10. The van der Waals surface area contributed by atoms with Crippen molar-refractivity contribution in [3.63, 3.8) is 0 Å². The van der Waals surface area contributed by atoms with Crippen LogP contribution in [-0.2, 0) is 16.1 Å². The zero-order chi connectivity index (χ0) is 17.5. The Bertz CT molecular complexity index is 654. The van der Waals surface area contributed by atoms with E-state index in [0.717, 1.165) is 6.92 Å². The monoisotopic (exact) mass is 390 g/mol. The van der Waals surface area contributed by atoms with Gasteiger partial charge in [0.25, 0.3) is 0 Å². The number of carbonyl (C=O) groups excluding carboxylic acids is 1. The first kappa shape index (κ1) is 18.0. The highest BCUT2D eigenvalue weighted by Crippen LogP contribution is 2.59. The zero-order valence-corrected chi connectivity index (χ0v) is 14.9. The molecule has 0 bridgehead atoms. The summed E-state index contributed by atoms with van der Waals surface area (Å²) in [7, 11) is 0. The van der Waals surface area contributed by atoms with Crippen LogP contribution in [0.15, 0.2) is 16.6 Å². The maximum absolute atomic E-state index is 13.9. The summed E-state index contributed by atoms with van der Waals surface area (Å²) in [5, 5.41) is 0. The minimum absolute atomic E-state index is 0.0553. The van der Waals surface area contributed by atoms with Gasteiger partial charge in [0.1, 0.15) is 12.4 Å². The summed E-state index contributed by atoms with van der Waals surface area (Å²) in [6.07, 6.45) is 3.79. The number of allylic oxidation sites excluding steroid dienone is 2. The van der Waals surface area contributed by atoms with Crippen LogP contribution in [0.4, 0.5) is 13.2 Å². The standard InChI is InChI=1S/C17H18BrF3O2/c1-5-6-10-11(17(10,3)4)16(22)23-7-9-12(18)13(19)8(2)14(20)15(9)21/h5-6,10-11H,7H2,1-4H3/t10-,11+/m1/s1. The normalized spacial score (nSPS) is 22.4. The zero-order valence-electron chi connectivity index (χ0n) is 13.3. The smallest absolute Gasteiger partial charge is 0.310 e. The van der Waals surface area contributed by atoms with E-state index in [1.165, 1.54) is 0 Å².